The monoisotopic (exact) mass is 203 g/mol. The fourth-order valence-electron chi connectivity index (χ4n) is 1.29. The first-order valence-corrected chi connectivity index (χ1v) is 4.89. The Balaban J connectivity index is 2.23. The lowest BCUT2D eigenvalue weighted by atomic mass is 10.3. The largest absolute Gasteiger partial charge is 0.392 e. The van der Waals surface area contributed by atoms with Crippen molar-refractivity contribution in [2.45, 2.75) is 13.0 Å². The van der Waals surface area contributed by atoms with Crippen molar-refractivity contribution in [3.8, 4) is 0 Å². The van der Waals surface area contributed by atoms with Crippen LogP contribution in [0.4, 0.5) is 5.82 Å². The Labute approximate surface area is 88.0 Å². The molecule has 0 radical (unpaired) electrons. The van der Waals surface area contributed by atoms with E-state index in [2.05, 4.69) is 15.3 Å². The van der Waals surface area contributed by atoms with Crippen LogP contribution in [0.2, 0.25) is 0 Å². The van der Waals surface area contributed by atoms with Gasteiger partial charge in [0.25, 0.3) is 0 Å². The molecule has 0 saturated carbocycles. The molecule has 1 unspecified atom stereocenters. The van der Waals surface area contributed by atoms with E-state index in [4.69, 9.17) is 5.11 Å². The molecule has 0 aliphatic heterocycles. The summed E-state index contributed by atoms with van der Waals surface area (Å²) in [7, 11) is 0. The van der Waals surface area contributed by atoms with Gasteiger partial charge in [-0.15, -0.1) is 0 Å². The van der Waals surface area contributed by atoms with Gasteiger partial charge in [-0.2, -0.15) is 0 Å². The summed E-state index contributed by atoms with van der Waals surface area (Å²) in [4.78, 5) is 8.61. The Morgan fingerprint density at radius 3 is 2.80 bits per heavy atom. The van der Waals surface area contributed by atoms with Gasteiger partial charge in [0.05, 0.1) is 23.3 Å². The van der Waals surface area contributed by atoms with Crippen molar-refractivity contribution in [3.05, 3.63) is 30.5 Å². The molecule has 2 aromatic rings. The lowest BCUT2D eigenvalue weighted by Gasteiger charge is -2.07. The number of aliphatic hydroxyl groups is 1. The quantitative estimate of drug-likeness (QED) is 0.792. The van der Waals surface area contributed by atoms with Gasteiger partial charge in [0, 0.05) is 6.54 Å². The molecule has 0 fully saturated rings. The third kappa shape index (κ3) is 2.41. The van der Waals surface area contributed by atoms with E-state index in [0.717, 1.165) is 11.0 Å². The molecule has 0 spiro atoms. The zero-order valence-corrected chi connectivity index (χ0v) is 8.51. The highest BCUT2D eigenvalue weighted by Gasteiger charge is 1.99. The molecule has 0 saturated heterocycles. The Morgan fingerprint density at radius 2 is 2.07 bits per heavy atom. The number of rotatable bonds is 3. The summed E-state index contributed by atoms with van der Waals surface area (Å²) >= 11 is 0. The van der Waals surface area contributed by atoms with Crippen molar-refractivity contribution in [1.29, 1.82) is 0 Å². The fourth-order valence-corrected chi connectivity index (χ4v) is 1.29. The zero-order valence-electron chi connectivity index (χ0n) is 8.51. The molecule has 2 N–H and O–H groups in total. The van der Waals surface area contributed by atoms with Crippen LogP contribution in [-0.2, 0) is 0 Å². The topological polar surface area (TPSA) is 58.0 Å². The van der Waals surface area contributed by atoms with Gasteiger partial charge in [-0.3, -0.25) is 4.98 Å². The highest BCUT2D eigenvalue weighted by Crippen LogP contribution is 2.10. The predicted molar refractivity (Wildman–Crippen MR) is 59.7 cm³/mol. The van der Waals surface area contributed by atoms with E-state index in [9.17, 15) is 0 Å². The second kappa shape index (κ2) is 4.23. The van der Waals surface area contributed by atoms with Gasteiger partial charge in [0.15, 0.2) is 0 Å². The molecule has 0 bridgehead atoms. The summed E-state index contributed by atoms with van der Waals surface area (Å²) in [5.41, 5.74) is 1.73. The van der Waals surface area contributed by atoms with Crippen LogP contribution in [0.25, 0.3) is 11.0 Å². The maximum atomic E-state index is 9.12. The number of aliphatic hydroxyl groups excluding tert-OH is 1. The van der Waals surface area contributed by atoms with Gasteiger partial charge in [-0.1, -0.05) is 12.1 Å². The average molecular weight is 203 g/mol. The normalized spacial score (nSPS) is 12.7. The predicted octanol–water partition coefficient (Wildman–Crippen LogP) is 1.42. The van der Waals surface area contributed by atoms with Crippen molar-refractivity contribution >= 4 is 16.9 Å². The molecule has 0 amide bonds. The molecule has 4 nitrogen and oxygen atoms in total. The summed E-state index contributed by atoms with van der Waals surface area (Å²) in [6.07, 6.45) is 1.28. The molecular formula is C11H13N3O. The Hall–Kier alpha value is -1.68. The second-order valence-corrected chi connectivity index (χ2v) is 3.47. The third-order valence-corrected chi connectivity index (χ3v) is 2.03. The van der Waals surface area contributed by atoms with Crippen LogP contribution in [-0.4, -0.2) is 27.7 Å². The van der Waals surface area contributed by atoms with E-state index in [1.54, 1.807) is 13.1 Å². The van der Waals surface area contributed by atoms with Gasteiger partial charge in [0.1, 0.15) is 5.82 Å². The minimum atomic E-state index is -0.390. The van der Waals surface area contributed by atoms with E-state index in [0.29, 0.717) is 12.4 Å². The highest BCUT2D eigenvalue weighted by atomic mass is 16.3. The van der Waals surface area contributed by atoms with Gasteiger partial charge in [0.2, 0.25) is 0 Å². The number of hydrogen-bond acceptors (Lipinski definition) is 4. The summed E-state index contributed by atoms with van der Waals surface area (Å²) in [5.74, 6) is 0.689. The number of fused-ring (bicyclic) bond motifs is 1. The van der Waals surface area contributed by atoms with Crippen LogP contribution in [0.5, 0.6) is 0 Å². The van der Waals surface area contributed by atoms with Crippen molar-refractivity contribution < 1.29 is 5.11 Å². The van der Waals surface area contributed by atoms with Crippen molar-refractivity contribution in [2.24, 2.45) is 0 Å². The minimum absolute atomic E-state index is 0.390. The zero-order chi connectivity index (χ0) is 10.7. The molecule has 2 rings (SSSR count). The number of anilines is 1. The van der Waals surface area contributed by atoms with E-state index in [-0.39, 0.29) is 0 Å². The number of aromatic nitrogens is 2. The van der Waals surface area contributed by atoms with Crippen molar-refractivity contribution in [2.75, 3.05) is 11.9 Å². The van der Waals surface area contributed by atoms with E-state index in [1.807, 2.05) is 24.3 Å². The smallest absolute Gasteiger partial charge is 0.145 e. The lowest BCUT2D eigenvalue weighted by Crippen LogP contribution is -2.16. The van der Waals surface area contributed by atoms with Crippen LogP contribution >= 0.6 is 0 Å². The molecule has 78 valence electrons. The number of para-hydroxylation sites is 2. The van der Waals surface area contributed by atoms with Gasteiger partial charge < -0.3 is 10.4 Å². The van der Waals surface area contributed by atoms with Crippen LogP contribution in [0, 0.1) is 0 Å². The van der Waals surface area contributed by atoms with Crippen molar-refractivity contribution in [3.63, 3.8) is 0 Å². The minimum Gasteiger partial charge on any atom is -0.392 e. The number of nitrogens with zero attached hydrogens (tertiary/aromatic N) is 2. The summed E-state index contributed by atoms with van der Waals surface area (Å²) in [6, 6.07) is 7.69. The highest BCUT2D eigenvalue weighted by molar-refractivity contribution is 5.75. The fraction of sp³-hybridized carbons (Fsp3) is 0.273. The average Bonchev–Trinajstić information content (AvgIpc) is 2.26. The molecule has 0 aliphatic rings. The number of nitrogens with one attached hydrogen (secondary N) is 1. The molecule has 1 atom stereocenters. The first-order valence-electron chi connectivity index (χ1n) is 4.89. The number of benzene rings is 1. The maximum absolute atomic E-state index is 9.12. The molecule has 15 heavy (non-hydrogen) atoms. The Kier molecular flexibility index (Phi) is 2.78. The third-order valence-electron chi connectivity index (χ3n) is 2.03. The van der Waals surface area contributed by atoms with E-state index in [1.165, 1.54) is 0 Å². The number of hydrogen-bond donors (Lipinski definition) is 2. The maximum Gasteiger partial charge on any atom is 0.145 e. The first-order chi connectivity index (χ1) is 7.25. The van der Waals surface area contributed by atoms with Crippen LogP contribution in [0.15, 0.2) is 30.5 Å². The molecule has 1 heterocycles. The molecule has 0 aliphatic carbocycles. The molecular weight excluding hydrogens is 190 g/mol. The van der Waals surface area contributed by atoms with E-state index < -0.39 is 6.10 Å². The second-order valence-electron chi connectivity index (χ2n) is 3.47. The van der Waals surface area contributed by atoms with Crippen LogP contribution in [0.3, 0.4) is 0 Å². The van der Waals surface area contributed by atoms with Crippen LogP contribution in [0.1, 0.15) is 6.92 Å². The molecule has 1 aromatic heterocycles. The van der Waals surface area contributed by atoms with E-state index >= 15 is 0 Å². The first kappa shape index (κ1) is 9.86. The SMILES string of the molecule is CC(O)CNc1cnc2ccccc2n1. The summed E-state index contributed by atoms with van der Waals surface area (Å²) in [5, 5.41) is 12.1. The van der Waals surface area contributed by atoms with Gasteiger partial charge >= 0.3 is 0 Å². The Bertz CT molecular complexity index is 456. The molecule has 4 heteroatoms. The van der Waals surface area contributed by atoms with Crippen molar-refractivity contribution in [1.82, 2.24) is 9.97 Å². The lowest BCUT2D eigenvalue weighted by molar-refractivity contribution is 0.208. The van der Waals surface area contributed by atoms with Crippen LogP contribution < -0.4 is 5.32 Å². The Morgan fingerprint density at radius 1 is 1.33 bits per heavy atom. The summed E-state index contributed by atoms with van der Waals surface area (Å²) < 4.78 is 0. The van der Waals surface area contributed by atoms with Gasteiger partial charge in [-0.05, 0) is 19.1 Å². The standard InChI is InChI=1S/C11H13N3O/c1-8(15)6-13-11-7-12-9-4-2-3-5-10(9)14-11/h2-5,7-8,15H,6H2,1H3,(H,13,14). The summed E-state index contributed by atoms with van der Waals surface area (Å²) in [6.45, 7) is 2.20. The van der Waals surface area contributed by atoms with Gasteiger partial charge in [-0.25, -0.2) is 4.98 Å². The molecule has 1 aromatic carbocycles.